The highest BCUT2D eigenvalue weighted by Gasteiger charge is 2.31. The minimum Gasteiger partial charge on any atom is -0.370 e. The summed E-state index contributed by atoms with van der Waals surface area (Å²) in [7, 11) is 0. The number of anilines is 1. The molecule has 2 atom stereocenters. The minimum absolute atomic E-state index is 0.00631. The Hall–Kier alpha value is -3.96. The smallest absolute Gasteiger partial charge is 0.370 e. The molecule has 1 aliphatic carbocycles. The topological polar surface area (TPSA) is 131 Å². The largest absolute Gasteiger partial charge is 0.416 e. The summed E-state index contributed by atoms with van der Waals surface area (Å²) in [6.45, 7) is 1.58. The predicted octanol–water partition coefficient (Wildman–Crippen LogP) is 4.02. The molecule has 1 heterocycles. The molecule has 2 aromatic carbocycles. The Morgan fingerprint density at radius 1 is 1.11 bits per heavy atom. The van der Waals surface area contributed by atoms with Crippen molar-refractivity contribution in [2.75, 3.05) is 5.32 Å². The van der Waals surface area contributed by atoms with Gasteiger partial charge in [0, 0.05) is 11.9 Å². The highest BCUT2D eigenvalue weighted by atomic mass is 19.4. The van der Waals surface area contributed by atoms with E-state index in [-0.39, 0.29) is 36.0 Å². The van der Waals surface area contributed by atoms with Crippen LogP contribution in [0.25, 0.3) is 10.9 Å². The van der Waals surface area contributed by atoms with Crippen LogP contribution in [0.15, 0.2) is 41.4 Å². The number of alkyl halides is 3. The summed E-state index contributed by atoms with van der Waals surface area (Å²) in [5, 5.41) is 6.57. The van der Waals surface area contributed by atoms with E-state index in [0.29, 0.717) is 22.8 Å². The molecule has 1 saturated carbocycles. The zero-order chi connectivity index (χ0) is 26.7. The highest BCUT2D eigenvalue weighted by molar-refractivity contribution is 5.96. The fourth-order valence-electron chi connectivity index (χ4n) is 4.43. The first-order valence-corrected chi connectivity index (χ1v) is 11.8. The molecule has 1 aliphatic rings. The number of amides is 1. The SMILES string of the molecule is Cc1ccc2nc(C(=O)NCc3cc(F)cc(C(F)(F)F)c3)nc(NC3CCCCC3N=C(N)N)c2c1. The number of rotatable bonds is 6. The lowest BCUT2D eigenvalue weighted by atomic mass is 9.90. The third-order valence-corrected chi connectivity index (χ3v) is 6.16. The molecule has 6 N–H and O–H groups in total. The Balaban J connectivity index is 1.61. The summed E-state index contributed by atoms with van der Waals surface area (Å²) in [5.74, 6) is -1.53. The van der Waals surface area contributed by atoms with Crippen molar-refractivity contribution >= 4 is 28.6 Å². The lowest BCUT2D eigenvalue weighted by Crippen LogP contribution is -2.38. The Bertz CT molecular complexity index is 1340. The first-order chi connectivity index (χ1) is 17.5. The van der Waals surface area contributed by atoms with Gasteiger partial charge in [0.2, 0.25) is 5.82 Å². The van der Waals surface area contributed by atoms with Gasteiger partial charge in [-0.15, -0.1) is 0 Å². The maximum Gasteiger partial charge on any atom is 0.416 e. The molecule has 12 heteroatoms. The number of guanidine groups is 1. The van der Waals surface area contributed by atoms with Crippen LogP contribution in [0.4, 0.5) is 23.4 Å². The molecule has 0 bridgehead atoms. The normalized spacial score (nSPS) is 17.9. The van der Waals surface area contributed by atoms with Gasteiger partial charge in [-0.25, -0.2) is 19.4 Å². The van der Waals surface area contributed by atoms with Crippen molar-refractivity contribution in [3.63, 3.8) is 0 Å². The molecule has 8 nitrogen and oxygen atoms in total. The van der Waals surface area contributed by atoms with Crippen LogP contribution >= 0.6 is 0 Å². The molecule has 196 valence electrons. The first kappa shape index (κ1) is 26.1. The molecule has 37 heavy (non-hydrogen) atoms. The number of hydrogen-bond acceptors (Lipinski definition) is 5. The Morgan fingerprint density at radius 2 is 1.86 bits per heavy atom. The fraction of sp³-hybridized carbons (Fsp3) is 0.360. The quantitative estimate of drug-likeness (QED) is 0.222. The second kappa shape index (κ2) is 10.6. The van der Waals surface area contributed by atoms with Gasteiger partial charge >= 0.3 is 6.18 Å². The summed E-state index contributed by atoms with van der Waals surface area (Å²) in [6, 6.07) is 7.31. The van der Waals surface area contributed by atoms with Crippen molar-refractivity contribution in [1.82, 2.24) is 15.3 Å². The van der Waals surface area contributed by atoms with Crippen molar-refractivity contribution < 1.29 is 22.4 Å². The van der Waals surface area contributed by atoms with Crippen LogP contribution in [-0.4, -0.2) is 33.9 Å². The summed E-state index contributed by atoms with van der Waals surface area (Å²) in [5.41, 5.74) is 11.5. The van der Waals surface area contributed by atoms with Crippen molar-refractivity contribution in [2.24, 2.45) is 16.5 Å². The van der Waals surface area contributed by atoms with Crippen LogP contribution in [-0.2, 0) is 12.7 Å². The average molecular weight is 518 g/mol. The zero-order valence-electron chi connectivity index (χ0n) is 20.1. The fourth-order valence-corrected chi connectivity index (χ4v) is 4.43. The van der Waals surface area contributed by atoms with Gasteiger partial charge in [-0.1, -0.05) is 24.5 Å². The van der Waals surface area contributed by atoms with E-state index in [4.69, 9.17) is 11.5 Å². The van der Waals surface area contributed by atoms with Crippen LogP contribution in [0.1, 0.15) is 53.0 Å². The molecule has 0 spiro atoms. The number of aromatic nitrogens is 2. The molecular weight excluding hydrogens is 490 g/mol. The maximum absolute atomic E-state index is 13.7. The Kier molecular flexibility index (Phi) is 7.46. The second-order valence-electron chi connectivity index (χ2n) is 9.10. The molecule has 1 amide bonds. The first-order valence-electron chi connectivity index (χ1n) is 11.8. The second-order valence-corrected chi connectivity index (χ2v) is 9.10. The number of nitrogens with one attached hydrogen (secondary N) is 2. The third kappa shape index (κ3) is 6.43. The van der Waals surface area contributed by atoms with E-state index in [9.17, 15) is 22.4 Å². The third-order valence-electron chi connectivity index (χ3n) is 6.16. The van der Waals surface area contributed by atoms with Gasteiger partial charge in [-0.3, -0.25) is 4.79 Å². The summed E-state index contributed by atoms with van der Waals surface area (Å²) >= 11 is 0. The molecule has 0 radical (unpaired) electrons. The molecule has 3 aromatic rings. The lowest BCUT2D eigenvalue weighted by molar-refractivity contribution is -0.137. The molecule has 1 fully saturated rings. The maximum atomic E-state index is 13.7. The highest BCUT2D eigenvalue weighted by Crippen LogP contribution is 2.31. The Morgan fingerprint density at radius 3 is 2.59 bits per heavy atom. The summed E-state index contributed by atoms with van der Waals surface area (Å²) in [6.07, 6.45) is -1.18. The molecule has 4 rings (SSSR count). The van der Waals surface area contributed by atoms with E-state index in [1.165, 1.54) is 0 Å². The van der Waals surface area contributed by atoms with Gasteiger partial charge in [0.15, 0.2) is 5.96 Å². The van der Waals surface area contributed by atoms with Crippen LogP contribution in [0, 0.1) is 12.7 Å². The van der Waals surface area contributed by atoms with Crippen LogP contribution in [0.5, 0.6) is 0 Å². The molecule has 0 saturated heterocycles. The van der Waals surface area contributed by atoms with Crippen molar-refractivity contribution in [3.05, 3.63) is 64.7 Å². The molecule has 1 aromatic heterocycles. The number of hydrogen-bond donors (Lipinski definition) is 4. The minimum atomic E-state index is -4.71. The average Bonchev–Trinajstić information content (AvgIpc) is 2.82. The van der Waals surface area contributed by atoms with E-state index in [1.54, 1.807) is 6.07 Å². The van der Waals surface area contributed by atoms with Crippen molar-refractivity contribution in [1.29, 1.82) is 0 Å². The molecule has 0 aliphatic heterocycles. The molecule has 2 unspecified atom stereocenters. The van der Waals surface area contributed by atoms with Gasteiger partial charge in [0.1, 0.15) is 11.6 Å². The van der Waals surface area contributed by atoms with Crippen LogP contribution < -0.4 is 22.1 Å². The van der Waals surface area contributed by atoms with E-state index in [0.717, 1.165) is 43.4 Å². The van der Waals surface area contributed by atoms with Crippen LogP contribution in [0.3, 0.4) is 0 Å². The number of fused-ring (bicyclic) bond motifs is 1. The summed E-state index contributed by atoms with van der Waals surface area (Å²) < 4.78 is 52.8. The number of nitrogens with zero attached hydrogens (tertiary/aromatic N) is 3. The number of carbonyl (C=O) groups excluding carboxylic acids is 1. The monoisotopic (exact) mass is 517 g/mol. The zero-order valence-corrected chi connectivity index (χ0v) is 20.1. The molecular formula is C25H27F4N7O. The van der Waals surface area contributed by atoms with Crippen molar-refractivity contribution in [3.8, 4) is 0 Å². The Labute approximate surface area is 210 Å². The number of nitrogens with two attached hydrogens (primary N) is 2. The van der Waals surface area contributed by atoms with Gasteiger partial charge in [-0.2, -0.15) is 13.2 Å². The summed E-state index contributed by atoms with van der Waals surface area (Å²) in [4.78, 5) is 26.0. The standard InChI is InChI=1S/C25H27F4N7O/c1-13-6-7-18-17(8-13)21(34-19-4-2-3-5-20(19)35-24(30)31)36-22(33-18)23(37)32-12-14-9-15(25(27,28)29)11-16(26)10-14/h6-11,19-20H,2-5,12H2,1H3,(H,32,37)(H4,30,31,35)(H,33,34,36). The number of benzene rings is 2. The number of carbonyl (C=O) groups is 1. The number of aliphatic imine (C=N–C) groups is 1. The number of halogens is 4. The van der Waals surface area contributed by atoms with E-state index in [1.807, 2.05) is 19.1 Å². The van der Waals surface area contributed by atoms with Crippen molar-refractivity contribution in [2.45, 2.75) is 57.4 Å². The number of aryl methyl sites for hydroxylation is 1. The lowest BCUT2D eigenvalue weighted by Gasteiger charge is -2.30. The van der Waals surface area contributed by atoms with E-state index >= 15 is 0 Å². The van der Waals surface area contributed by atoms with E-state index in [2.05, 4.69) is 25.6 Å². The van der Waals surface area contributed by atoms with Gasteiger partial charge in [-0.05, 0) is 55.7 Å². The predicted molar refractivity (Wildman–Crippen MR) is 132 cm³/mol. The van der Waals surface area contributed by atoms with Gasteiger partial charge in [0.25, 0.3) is 5.91 Å². The van der Waals surface area contributed by atoms with Gasteiger partial charge < -0.3 is 22.1 Å². The van der Waals surface area contributed by atoms with Gasteiger partial charge in [0.05, 0.1) is 23.2 Å². The van der Waals surface area contributed by atoms with E-state index < -0.39 is 23.5 Å². The van der Waals surface area contributed by atoms with Crippen LogP contribution in [0.2, 0.25) is 0 Å².